The molecule has 0 spiro atoms. The summed E-state index contributed by atoms with van der Waals surface area (Å²) in [5.41, 5.74) is 0. The molecule has 0 heterocycles. The molecule has 0 rings (SSSR count). The zero-order valence-electron chi connectivity index (χ0n) is 15.4. The van der Waals surface area contributed by atoms with Crippen LogP contribution in [0, 0.1) is 10.8 Å². The maximum atomic E-state index is 8.35. The van der Waals surface area contributed by atoms with Crippen LogP contribution in [0.1, 0.15) is 40.0 Å². The van der Waals surface area contributed by atoms with Gasteiger partial charge in [-0.3, -0.25) is 0 Å². The Bertz CT molecular complexity index is 236. The van der Waals surface area contributed by atoms with Gasteiger partial charge in [0.1, 0.15) is 0 Å². The molecule has 0 radical (unpaired) electrons. The first-order valence-corrected chi connectivity index (χ1v) is 11.5. The number of hydrogen-bond acceptors (Lipinski definition) is 7. The molecule has 0 aromatic carbocycles. The summed E-state index contributed by atoms with van der Waals surface area (Å²) in [6.45, 7) is 6.97. The van der Waals surface area contributed by atoms with E-state index in [9.17, 15) is 0 Å². The van der Waals surface area contributed by atoms with Crippen LogP contribution in [-0.2, 0) is 22.9 Å². The molecule has 9 heteroatoms. The van der Waals surface area contributed by atoms with E-state index in [1.165, 1.54) is 19.3 Å². The van der Waals surface area contributed by atoms with E-state index in [1.54, 1.807) is 39.5 Å². The van der Waals surface area contributed by atoms with Crippen molar-refractivity contribution >= 4 is 30.5 Å². The van der Waals surface area contributed by atoms with Gasteiger partial charge in [0.05, 0.1) is 0 Å². The van der Waals surface area contributed by atoms with E-state index >= 15 is 0 Å². The molecule has 0 saturated carbocycles. The molecule has 0 aliphatic carbocycles. The van der Waals surface area contributed by atoms with Crippen LogP contribution in [-0.4, -0.2) is 51.8 Å². The number of rotatable bonds is 9. The first-order valence-electron chi connectivity index (χ1n) is 7.69. The first-order chi connectivity index (χ1) is 11.0. The average Bonchev–Trinajstić information content (AvgIpc) is 2.52. The minimum atomic E-state index is -1.67. The van der Waals surface area contributed by atoms with Crippen molar-refractivity contribution in [3.8, 4) is 0 Å². The third-order valence-corrected chi connectivity index (χ3v) is 8.00. The van der Waals surface area contributed by atoms with Gasteiger partial charge in [0, 0.05) is 30.1 Å². The van der Waals surface area contributed by atoms with Gasteiger partial charge in [-0.05, 0) is 0 Å². The molecule has 0 aromatic rings. The van der Waals surface area contributed by atoms with Crippen molar-refractivity contribution in [2.75, 3.05) is 21.3 Å². The molecule has 0 atom stereocenters. The lowest BCUT2D eigenvalue weighted by Gasteiger charge is -2.10. The number of nitrogens with one attached hydrogen (secondary N) is 2. The molecule has 0 aliphatic heterocycles. The molecule has 138 valence electrons. The Balaban J connectivity index is -0.000000120. The van der Waals surface area contributed by atoms with Crippen molar-refractivity contribution in [1.82, 2.24) is 0 Å². The second-order valence-corrected chi connectivity index (χ2v) is 9.89. The van der Waals surface area contributed by atoms with E-state index in [0.717, 1.165) is 12.2 Å². The topological polar surface area (TPSA) is 110 Å². The SMILES string of the molecule is CCC[SiH](CCC)CCC.CO[SiH](OC)OC.N=C=O.N=C=O. The molecule has 23 heavy (non-hydrogen) atoms. The largest absolute Gasteiger partial charge is 0.483 e. The maximum absolute atomic E-state index is 8.35. The van der Waals surface area contributed by atoms with E-state index in [4.69, 9.17) is 33.7 Å². The molecule has 0 bridgehead atoms. The zero-order valence-corrected chi connectivity index (χ0v) is 17.7. The summed E-state index contributed by atoms with van der Waals surface area (Å²) >= 11 is 0. The number of carbonyl (C=O) groups excluding carboxylic acids is 2. The molecule has 2 N–H and O–H groups in total. The summed E-state index contributed by atoms with van der Waals surface area (Å²) in [6, 6.07) is 4.76. The summed E-state index contributed by atoms with van der Waals surface area (Å²) < 4.78 is 14.2. The lowest BCUT2D eigenvalue weighted by Crippen LogP contribution is -2.21. The van der Waals surface area contributed by atoms with Crippen LogP contribution in [0.25, 0.3) is 0 Å². The van der Waals surface area contributed by atoms with Gasteiger partial charge in [0.15, 0.2) is 0 Å². The molecule has 0 amide bonds. The summed E-state index contributed by atoms with van der Waals surface area (Å²) in [5, 5.41) is 10.8. The summed E-state index contributed by atoms with van der Waals surface area (Å²) in [5.74, 6) is 0. The Morgan fingerprint density at radius 1 is 0.739 bits per heavy atom. The van der Waals surface area contributed by atoms with E-state index in [0.29, 0.717) is 0 Å². The fourth-order valence-electron chi connectivity index (χ4n) is 1.95. The number of hydrogen-bond donors (Lipinski definition) is 2. The van der Waals surface area contributed by atoms with Gasteiger partial charge in [0.25, 0.3) is 0 Å². The highest BCUT2D eigenvalue weighted by atomic mass is 28.3. The number of isocyanates is 2. The molecule has 7 nitrogen and oxygen atoms in total. The van der Waals surface area contributed by atoms with Crippen molar-refractivity contribution in [2.45, 2.75) is 58.2 Å². The van der Waals surface area contributed by atoms with Gasteiger partial charge in [0.2, 0.25) is 12.2 Å². The van der Waals surface area contributed by atoms with Gasteiger partial charge < -0.3 is 13.3 Å². The van der Waals surface area contributed by atoms with Crippen molar-refractivity contribution in [2.24, 2.45) is 0 Å². The highest BCUT2D eigenvalue weighted by molar-refractivity contribution is 6.58. The van der Waals surface area contributed by atoms with E-state index in [2.05, 4.69) is 20.8 Å². The Hall–Kier alpha value is -0.926. The highest BCUT2D eigenvalue weighted by Gasteiger charge is 2.05. The lowest BCUT2D eigenvalue weighted by atomic mass is 10.6. The van der Waals surface area contributed by atoms with Gasteiger partial charge in [-0.2, -0.15) is 0 Å². The van der Waals surface area contributed by atoms with E-state index < -0.39 is 9.53 Å². The standard InChI is InChI=1S/C9H22Si.C3H10O3Si.2CHNO/c1-4-7-10(8-5-2)9-6-3;1-4-7(5-2)6-3;2*2-1-3/h10H,4-9H2,1-3H3;7H,1-3H3;2*2H. The quantitative estimate of drug-likeness (QED) is 0.370. The van der Waals surface area contributed by atoms with Gasteiger partial charge >= 0.3 is 9.53 Å². The highest BCUT2D eigenvalue weighted by Crippen LogP contribution is 2.11. The fraction of sp³-hybridized carbons (Fsp3) is 0.857. The third kappa shape index (κ3) is 38.7. The summed E-state index contributed by atoms with van der Waals surface area (Å²) in [6.07, 6.45) is 5.78. The first kappa shape index (κ1) is 30.0. The monoisotopic (exact) mass is 366 g/mol. The van der Waals surface area contributed by atoms with Crippen molar-refractivity contribution in [3.63, 3.8) is 0 Å². The normalized spacial score (nSPS) is 8.52. The minimum absolute atomic E-state index is 0.234. The molecule has 0 aromatic heterocycles. The zero-order chi connectivity index (χ0) is 18.9. The smallest absolute Gasteiger partial charge is 0.379 e. The van der Waals surface area contributed by atoms with Crippen LogP contribution in [0.15, 0.2) is 0 Å². The average molecular weight is 367 g/mol. The minimum Gasteiger partial charge on any atom is -0.379 e. The van der Waals surface area contributed by atoms with Crippen LogP contribution in [0.4, 0.5) is 0 Å². The Kier molecular flexibility index (Phi) is 42.9. The lowest BCUT2D eigenvalue weighted by molar-refractivity contribution is 0.163. The van der Waals surface area contributed by atoms with Gasteiger partial charge in [-0.25, -0.2) is 20.4 Å². The molecule has 0 unspecified atom stereocenters. The second kappa shape index (κ2) is 32.9. The third-order valence-electron chi connectivity index (χ3n) is 2.67. The van der Waals surface area contributed by atoms with E-state index in [1.807, 2.05) is 0 Å². The molecular weight excluding hydrogens is 332 g/mol. The predicted molar refractivity (Wildman–Crippen MR) is 97.4 cm³/mol. The Morgan fingerprint density at radius 3 is 1.04 bits per heavy atom. The second-order valence-electron chi connectivity index (χ2n) is 4.43. The van der Waals surface area contributed by atoms with E-state index in [-0.39, 0.29) is 8.80 Å². The van der Waals surface area contributed by atoms with Crippen LogP contribution in [0.3, 0.4) is 0 Å². The Morgan fingerprint density at radius 2 is 0.957 bits per heavy atom. The molecule has 0 fully saturated rings. The van der Waals surface area contributed by atoms with Crippen LogP contribution < -0.4 is 0 Å². The Labute approximate surface area is 144 Å². The van der Waals surface area contributed by atoms with Crippen molar-refractivity contribution in [3.05, 3.63) is 0 Å². The molecular formula is C14H34N2O5Si2. The van der Waals surface area contributed by atoms with Crippen LogP contribution in [0.5, 0.6) is 0 Å². The van der Waals surface area contributed by atoms with Crippen molar-refractivity contribution in [1.29, 1.82) is 10.8 Å². The van der Waals surface area contributed by atoms with Gasteiger partial charge in [-0.1, -0.05) is 58.2 Å². The van der Waals surface area contributed by atoms with Crippen LogP contribution in [0.2, 0.25) is 18.1 Å². The summed E-state index contributed by atoms with van der Waals surface area (Å²) in [4.78, 5) is 16.7. The fourth-order valence-corrected chi connectivity index (χ4v) is 5.84. The molecule has 0 aliphatic rings. The van der Waals surface area contributed by atoms with Crippen molar-refractivity contribution < 1.29 is 22.9 Å². The van der Waals surface area contributed by atoms with Gasteiger partial charge in [-0.15, -0.1) is 0 Å². The van der Waals surface area contributed by atoms with Crippen LogP contribution >= 0.6 is 0 Å². The molecule has 0 saturated heterocycles. The predicted octanol–water partition coefficient (Wildman–Crippen LogP) is 2.89. The maximum Gasteiger partial charge on any atom is 0.483 e. The summed E-state index contributed by atoms with van der Waals surface area (Å²) in [7, 11) is 2.81.